The van der Waals surface area contributed by atoms with Gasteiger partial charge in [-0.1, -0.05) is 19.4 Å². The molecule has 1 amide bonds. The molecule has 0 aliphatic carbocycles. The van der Waals surface area contributed by atoms with Gasteiger partial charge in [-0.2, -0.15) is 0 Å². The average molecular weight is 235 g/mol. The summed E-state index contributed by atoms with van der Waals surface area (Å²) in [4.78, 5) is 15.7. The van der Waals surface area contributed by atoms with Crippen molar-refractivity contribution in [1.82, 2.24) is 15.6 Å². The van der Waals surface area contributed by atoms with Gasteiger partial charge in [0.1, 0.15) is 0 Å². The Kier molecular flexibility index (Phi) is 6.25. The van der Waals surface area contributed by atoms with Crippen LogP contribution in [0.15, 0.2) is 24.4 Å². The van der Waals surface area contributed by atoms with E-state index < -0.39 is 0 Å². The summed E-state index contributed by atoms with van der Waals surface area (Å²) in [6, 6.07) is 5.87. The van der Waals surface area contributed by atoms with Crippen LogP contribution >= 0.6 is 0 Å². The van der Waals surface area contributed by atoms with E-state index in [2.05, 4.69) is 22.5 Å². The first-order chi connectivity index (χ1) is 8.24. The molecular weight excluding hydrogens is 214 g/mol. The van der Waals surface area contributed by atoms with E-state index in [0.29, 0.717) is 6.54 Å². The number of nitrogens with zero attached hydrogens (tertiary/aromatic N) is 1. The summed E-state index contributed by atoms with van der Waals surface area (Å²) in [5, 5.41) is 6.02. The molecule has 0 saturated heterocycles. The standard InChI is InChI=1S/C13H21N3O/c1-3-4-8-15-13(17)10-16-11(2)12-7-5-6-9-14-12/h5-7,9,11,16H,3-4,8,10H2,1-2H3,(H,15,17). The van der Waals surface area contributed by atoms with Gasteiger partial charge in [0.15, 0.2) is 0 Å². The Bertz CT molecular complexity index is 327. The van der Waals surface area contributed by atoms with E-state index in [4.69, 9.17) is 0 Å². The van der Waals surface area contributed by atoms with Crippen LogP contribution in [0.2, 0.25) is 0 Å². The maximum atomic E-state index is 11.5. The molecule has 1 aromatic heterocycles. The third-order valence-electron chi connectivity index (χ3n) is 2.55. The lowest BCUT2D eigenvalue weighted by Gasteiger charge is -2.12. The second-order valence-electron chi connectivity index (χ2n) is 4.06. The maximum absolute atomic E-state index is 11.5. The number of pyridine rings is 1. The molecule has 0 aliphatic rings. The number of hydrogen-bond donors (Lipinski definition) is 2. The molecule has 4 nitrogen and oxygen atoms in total. The number of unbranched alkanes of at least 4 members (excludes halogenated alkanes) is 1. The van der Waals surface area contributed by atoms with E-state index in [1.807, 2.05) is 25.1 Å². The van der Waals surface area contributed by atoms with Crippen molar-refractivity contribution in [2.24, 2.45) is 0 Å². The van der Waals surface area contributed by atoms with Gasteiger partial charge in [-0.15, -0.1) is 0 Å². The van der Waals surface area contributed by atoms with Gasteiger partial charge in [0.25, 0.3) is 0 Å². The molecule has 1 heterocycles. The van der Waals surface area contributed by atoms with Gasteiger partial charge in [-0.05, 0) is 25.5 Å². The van der Waals surface area contributed by atoms with Crippen LogP contribution in [0.4, 0.5) is 0 Å². The van der Waals surface area contributed by atoms with E-state index in [-0.39, 0.29) is 11.9 Å². The Hall–Kier alpha value is -1.42. The van der Waals surface area contributed by atoms with Crippen molar-refractivity contribution in [1.29, 1.82) is 0 Å². The average Bonchev–Trinajstić information content (AvgIpc) is 2.37. The lowest BCUT2D eigenvalue weighted by Crippen LogP contribution is -2.35. The number of amides is 1. The number of aromatic nitrogens is 1. The summed E-state index contributed by atoms with van der Waals surface area (Å²) in [6.07, 6.45) is 3.88. The third-order valence-corrected chi connectivity index (χ3v) is 2.55. The van der Waals surface area contributed by atoms with E-state index in [9.17, 15) is 4.79 Å². The number of nitrogens with one attached hydrogen (secondary N) is 2. The lowest BCUT2D eigenvalue weighted by molar-refractivity contribution is -0.120. The first kappa shape index (κ1) is 13.6. The fraction of sp³-hybridized carbons (Fsp3) is 0.538. The van der Waals surface area contributed by atoms with Gasteiger partial charge >= 0.3 is 0 Å². The van der Waals surface area contributed by atoms with Gasteiger partial charge < -0.3 is 10.6 Å². The molecule has 0 saturated carbocycles. The van der Waals surface area contributed by atoms with Crippen LogP contribution in [0, 0.1) is 0 Å². The van der Waals surface area contributed by atoms with Gasteiger partial charge in [0, 0.05) is 18.8 Å². The smallest absolute Gasteiger partial charge is 0.233 e. The van der Waals surface area contributed by atoms with Gasteiger partial charge in [0.2, 0.25) is 5.91 Å². The number of rotatable bonds is 7. The van der Waals surface area contributed by atoms with Gasteiger partial charge in [-0.25, -0.2) is 0 Å². The molecule has 1 rings (SSSR count). The normalized spacial score (nSPS) is 12.1. The summed E-state index contributed by atoms with van der Waals surface area (Å²) in [5.74, 6) is 0.0428. The minimum absolute atomic E-state index is 0.0428. The second-order valence-corrected chi connectivity index (χ2v) is 4.06. The van der Waals surface area contributed by atoms with Crippen molar-refractivity contribution in [2.75, 3.05) is 13.1 Å². The van der Waals surface area contributed by atoms with Gasteiger partial charge in [-0.3, -0.25) is 9.78 Å². The molecule has 0 bridgehead atoms. The maximum Gasteiger partial charge on any atom is 0.233 e. The Labute approximate surface area is 103 Å². The summed E-state index contributed by atoms with van der Waals surface area (Å²) < 4.78 is 0. The summed E-state index contributed by atoms with van der Waals surface area (Å²) in [5.41, 5.74) is 0.953. The third kappa shape index (κ3) is 5.45. The predicted molar refractivity (Wildman–Crippen MR) is 68.6 cm³/mol. The molecular formula is C13H21N3O. The molecule has 0 radical (unpaired) electrons. The minimum Gasteiger partial charge on any atom is -0.355 e. The zero-order valence-electron chi connectivity index (χ0n) is 10.6. The molecule has 4 heteroatoms. The van der Waals surface area contributed by atoms with E-state index in [1.54, 1.807) is 6.20 Å². The highest BCUT2D eigenvalue weighted by molar-refractivity contribution is 5.77. The monoisotopic (exact) mass is 235 g/mol. The van der Waals surface area contributed by atoms with Crippen molar-refractivity contribution in [3.63, 3.8) is 0 Å². The SMILES string of the molecule is CCCCNC(=O)CNC(C)c1ccccn1. The van der Waals surface area contributed by atoms with E-state index >= 15 is 0 Å². The van der Waals surface area contributed by atoms with Crippen molar-refractivity contribution in [3.8, 4) is 0 Å². The highest BCUT2D eigenvalue weighted by atomic mass is 16.1. The van der Waals surface area contributed by atoms with Crippen molar-refractivity contribution in [3.05, 3.63) is 30.1 Å². The lowest BCUT2D eigenvalue weighted by atomic mass is 10.2. The Balaban J connectivity index is 2.24. The van der Waals surface area contributed by atoms with Crippen LogP contribution < -0.4 is 10.6 Å². The van der Waals surface area contributed by atoms with Crippen LogP contribution in [0.1, 0.15) is 38.4 Å². The number of carbonyl (C=O) groups is 1. The van der Waals surface area contributed by atoms with Crippen LogP contribution in [0.3, 0.4) is 0 Å². The largest absolute Gasteiger partial charge is 0.355 e. The zero-order chi connectivity index (χ0) is 12.5. The molecule has 2 N–H and O–H groups in total. The molecule has 0 aromatic carbocycles. The van der Waals surface area contributed by atoms with Crippen molar-refractivity contribution >= 4 is 5.91 Å². The minimum atomic E-state index is 0.0428. The van der Waals surface area contributed by atoms with Crippen molar-refractivity contribution < 1.29 is 4.79 Å². The van der Waals surface area contributed by atoms with E-state index in [0.717, 1.165) is 25.1 Å². The first-order valence-corrected chi connectivity index (χ1v) is 6.15. The molecule has 0 aliphatic heterocycles. The number of carbonyl (C=O) groups excluding carboxylic acids is 1. The van der Waals surface area contributed by atoms with Crippen LogP contribution in [0.5, 0.6) is 0 Å². The highest BCUT2D eigenvalue weighted by Gasteiger charge is 2.07. The zero-order valence-corrected chi connectivity index (χ0v) is 10.6. The van der Waals surface area contributed by atoms with E-state index in [1.165, 1.54) is 0 Å². The fourth-order valence-electron chi connectivity index (χ4n) is 1.45. The predicted octanol–water partition coefficient (Wildman–Crippen LogP) is 1.65. The van der Waals surface area contributed by atoms with Gasteiger partial charge in [0.05, 0.1) is 12.2 Å². The highest BCUT2D eigenvalue weighted by Crippen LogP contribution is 2.06. The van der Waals surface area contributed by atoms with Crippen LogP contribution in [-0.4, -0.2) is 24.0 Å². The first-order valence-electron chi connectivity index (χ1n) is 6.15. The molecule has 0 fully saturated rings. The molecule has 94 valence electrons. The fourth-order valence-corrected chi connectivity index (χ4v) is 1.45. The molecule has 17 heavy (non-hydrogen) atoms. The van der Waals surface area contributed by atoms with Crippen LogP contribution in [0.25, 0.3) is 0 Å². The molecule has 1 aromatic rings. The molecule has 1 unspecified atom stereocenters. The summed E-state index contributed by atoms with van der Waals surface area (Å²) in [6.45, 7) is 5.20. The Morgan fingerprint density at radius 1 is 1.47 bits per heavy atom. The second kappa shape index (κ2) is 7.79. The topological polar surface area (TPSA) is 54.0 Å². The molecule has 0 spiro atoms. The quantitative estimate of drug-likeness (QED) is 0.707. The summed E-state index contributed by atoms with van der Waals surface area (Å²) in [7, 11) is 0. The molecule has 1 atom stereocenters. The Morgan fingerprint density at radius 2 is 2.29 bits per heavy atom. The number of hydrogen-bond acceptors (Lipinski definition) is 3. The van der Waals surface area contributed by atoms with Crippen LogP contribution in [-0.2, 0) is 4.79 Å². The Morgan fingerprint density at radius 3 is 2.94 bits per heavy atom. The summed E-state index contributed by atoms with van der Waals surface area (Å²) >= 11 is 0. The van der Waals surface area contributed by atoms with Crippen molar-refractivity contribution in [2.45, 2.75) is 32.7 Å².